The number of aromatic nitrogens is 1. The van der Waals surface area contributed by atoms with Crippen molar-refractivity contribution >= 4 is 34.3 Å². The number of halogens is 1. The van der Waals surface area contributed by atoms with Gasteiger partial charge in [-0.2, -0.15) is 0 Å². The minimum atomic E-state index is -0.155. The predicted octanol–water partition coefficient (Wildman–Crippen LogP) is 5.10. The van der Waals surface area contributed by atoms with Gasteiger partial charge >= 0.3 is 0 Å². The van der Waals surface area contributed by atoms with Crippen molar-refractivity contribution in [3.8, 4) is 23.0 Å². The van der Waals surface area contributed by atoms with Crippen molar-refractivity contribution in [1.82, 2.24) is 4.98 Å². The van der Waals surface area contributed by atoms with Gasteiger partial charge in [0.15, 0.2) is 17.1 Å². The Bertz CT molecular complexity index is 1200. The summed E-state index contributed by atoms with van der Waals surface area (Å²) in [5, 5.41) is 3.33. The van der Waals surface area contributed by atoms with Crippen molar-refractivity contribution in [3.05, 3.63) is 71.2 Å². The van der Waals surface area contributed by atoms with Gasteiger partial charge in [0.1, 0.15) is 18.7 Å². The first-order chi connectivity index (χ1) is 14.7. The highest BCUT2D eigenvalue weighted by atomic mass is 35.5. The van der Waals surface area contributed by atoms with Crippen molar-refractivity contribution in [3.63, 3.8) is 0 Å². The monoisotopic (exact) mass is 420 g/mol. The number of benzene rings is 3. The molecule has 3 aromatic carbocycles. The molecule has 0 saturated carbocycles. The van der Waals surface area contributed by atoms with Crippen LogP contribution in [0, 0.1) is 0 Å². The third kappa shape index (κ3) is 3.69. The summed E-state index contributed by atoms with van der Waals surface area (Å²) in [6, 6.07) is 18.5. The summed E-state index contributed by atoms with van der Waals surface area (Å²) < 4.78 is 16.8. The zero-order chi connectivity index (χ0) is 20.5. The maximum Gasteiger partial charge on any atom is 0.228 e. The van der Waals surface area contributed by atoms with Gasteiger partial charge in [0.05, 0.1) is 11.4 Å². The number of oxazole rings is 1. The summed E-state index contributed by atoms with van der Waals surface area (Å²) in [5.41, 5.74) is 3.82. The molecule has 4 aromatic rings. The molecule has 5 rings (SSSR count). The van der Waals surface area contributed by atoms with Crippen LogP contribution in [0.3, 0.4) is 0 Å². The lowest BCUT2D eigenvalue weighted by molar-refractivity contribution is -0.115. The lowest BCUT2D eigenvalue weighted by Gasteiger charge is -2.20. The minimum absolute atomic E-state index is 0.155. The van der Waals surface area contributed by atoms with Gasteiger partial charge in [-0.3, -0.25) is 4.79 Å². The lowest BCUT2D eigenvalue weighted by Crippen LogP contribution is -2.17. The number of carbonyl (C=O) groups excluding carboxylic acids is 1. The van der Waals surface area contributed by atoms with E-state index in [0.29, 0.717) is 41.3 Å². The molecule has 0 unspecified atom stereocenters. The van der Waals surface area contributed by atoms with E-state index in [2.05, 4.69) is 10.3 Å². The van der Waals surface area contributed by atoms with Gasteiger partial charge in [0.2, 0.25) is 11.8 Å². The molecule has 2 heterocycles. The Balaban J connectivity index is 1.28. The Morgan fingerprint density at radius 2 is 1.83 bits per heavy atom. The van der Waals surface area contributed by atoms with Crippen molar-refractivity contribution in [2.75, 3.05) is 18.5 Å². The largest absolute Gasteiger partial charge is 0.486 e. The van der Waals surface area contributed by atoms with Crippen LogP contribution in [0.1, 0.15) is 5.56 Å². The Labute approximate surface area is 177 Å². The number of para-hydroxylation sites is 2. The molecule has 1 aliphatic rings. The van der Waals surface area contributed by atoms with E-state index in [9.17, 15) is 4.79 Å². The summed E-state index contributed by atoms with van der Waals surface area (Å²) in [7, 11) is 0. The van der Waals surface area contributed by atoms with Gasteiger partial charge in [0, 0.05) is 11.3 Å². The van der Waals surface area contributed by atoms with Crippen LogP contribution in [-0.4, -0.2) is 24.1 Å². The van der Waals surface area contributed by atoms with Crippen LogP contribution in [0.4, 0.5) is 5.69 Å². The normalized spacial score (nSPS) is 12.7. The standard InChI is InChI=1S/C23H17ClN2O4/c24-17-11-14(12-20-22(17)29-10-9-28-20)13-21(27)25-16-7-5-15(6-8-16)23-26-18-3-1-2-4-19(18)30-23/h1-8,11-12H,9-10,13H2,(H,25,27). The van der Waals surface area contributed by atoms with Gasteiger partial charge in [-0.25, -0.2) is 4.98 Å². The molecule has 1 aliphatic heterocycles. The van der Waals surface area contributed by atoms with E-state index in [-0.39, 0.29) is 12.3 Å². The third-order valence-corrected chi connectivity index (χ3v) is 5.01. The van der Waals surface area contributed by atoms with E-state index in [1.807, 2.05) is 48.5 Å². The van der Waals surface area contributed by atoms with Crippen LogP contribution in [0.25, 0.3) is 22.6 Å². The predicted molar refractivity (Wildman–Crippen MR) is 114 cm³/mol. The average Bonchev–Trinajstić information content (AvgIpc) is 3.18. The van der Waals surface area contributed by atoms with Crippen LogP contribution < -0.4 is 14.8 Å². The summed E-state index contributed by atoms with van der Waals surface area (Å²) in [4.78, 5) is 17.0. The second-order valence-electron chi connectivity index (χ2n) is 6.89. The van der Waals surface area contributed by atoms with Crippen LogP contribution in [0.5, 0.6) is 11.5 Å². The molecule has 0 fully saturated rings. The van der Waals surface area contributed by atoms with Crippen LogP contribution >= 0.6 is 11.6 Å². The molecule has 0 atom stereocenters. The number of hydrogen-bond acceptors (Lipinski definition) is 5. The molecule has 0 saturated heterocycles. The minimum Gasteiger partial charge on any atom is -0.486 e. The van der Waals surface area contributed by atoms with E-state index in [0.717, 1.165) is 22.2 Å². The Hall–Kier alpha value is -3.51. The molecule has 0 spiro atoms. The number of rotatable bonds is 4. The highest BCUT2D eigenvalue weighted by Gasteiger charge is 2.18. The second kappa shape index (κ2) is 7.72. The SMILES string of the molecule is O=C(Cc1cc(Cl)c2c(c1)OCCO2)Nc1ccc(-c2nc3ccccc3o2)cc1. The summed E-state index contributed by atoms with van der Waals surface area (Å²) in [6.45, 7) is 0.928. The summed E-state index contributed by atoms with van der Waals surface area (Å²) >= 11 is 6.24. The van der Waals surface area contributed by atoms with Crippen molar-refractivity contribution in [2.24, 2.45) is 0 Å². The molecule has 0 aliphatic carbocycles. The van der Waals surface area contributed by atoms with E-state index >= 15 is 0 Å². The summed E-state index contributed by atoms with van der Waals surface area (Å²) in [5.74, 6) is 1.48. The van der Waals surface area contributed by atoms with Crippen LogP contribution in [0.15, 0.2) is 65.1 Å². The van der Waals surface area contributed by atoms with Crippen molar-refractivity contribution < 1.29 is 18.7 Å². The zero-order valence-corrected chi connectivity index (χ0v) is 16.6. The smallest absolute Gasteiger partial charge is 0.228 e. The first-order valence-electron chi connectivity index (χ1n) is 9.49. The number of anilines is 1. The molecule has 0 radical (unpaired) electrons. The maximum absolute atomic E-state index is 12.5. The van der Waals surface area contributed by atoms with E-state index in [1.165, 1.54) is 0 Å². The fourth-order valence-corrected chi connectivity index (χ4v) is 3.64. The number of nitrogens with zero attached hydrogens (tertiary/aromatic N) is 1. The number of nitrogens with one attached hydrogen (secondary N) is 1. The zero-order valence-electron chi connectivity index (χ0n) is 15.9. The third-order valence-electron chi connectivity index (χ3n) is 4.73. The number of hydrogen-bond donors (Lipinski definition) is 1. The maximum atomic E-state index is 12.5. The quantitative estimate of drug-likeness (QED) is 0.497. The summed E-state index contributed by atoms with van der Waals surface area (Å²) in [6.07, 6.45) is 0.170. The van der Waals surface area contributed by atoms with E-state index in [4.69, 9.17) is 25.5 Å². The topological polar surface area (TPSA) is 73.6 Å². The Morgan fingerprint density at radius 3 is 2.67 bits per heavy atom. The van der Waals surface area contributed by atoms with Crippen LogP contribution in [-0.2, 0) is 11.2 Å². The molecule has 30 heavy (non-hydrogen) atoms. The molecular weight excluding hydrogens is 404 g/mol. The molecular formula is C23H17ClN2O4. The fourth-order valence-electron chi connectivity index (χ4n) is 3.35. The molecule has 1 amide bonds. The second-order valence-corrected chi connectivity index (χ2v) is 7.30. The van der Waals surface area contributed by atoms with Crippen LogP contribution in [0.2, 0.25) is 5.02 Å². The molecule has 1 N–H and O–H groups in total. The van der Waals surface area contributed by atoms with Crippen molar-refractivity contribution in [1.29, 1.82) is 0 Å². The van der Waals surface area contributed by atoms with Crippen molar-refractivity contribution in [2.45, 2.75) is 6.42 Å². The average molecular weight is 421 g/mol. The number of amides is 1. The number of ether oxygens (including phenoxy) is 2. The first-order valence-corrected chi connectivity index (χ1v) is 9.87. The van der Waals surface area contributed by atoms with E-state index in [1.54, 1.807) is 12.1 Å². The van der Waals surface area contributed by atoms with Gasteiger partial charge in [0.25, 0.3) is 0 Å². The number of fused-ring (bicyclic) bond motifs is 2. The van der Waals surface area contributed by atoms with Gasteiger partial charge < -0.3 is 19.2 Å². The highest BCUT2D eigenvalue weighted by Crippen LogP contribution is 2.38. The molecule has 1 aromatic heterocycles. The first kappa shape index (κ1) is 18.5. The lowest BCUT2D eigenvalue weighted by atomic mass is 10.1. The fraction of sp³-hybridized carbons (Fsp3) is 0.130. The number of carbonyl (C=O) groups is 1. The van der Waals surface area contributed by atoms with Gasteiger partial charge in [-0.15, -0.1) is 0 Å². The molecule has 150 valence electrons. The Morgan fingerprint density at radius 1 is 1.03 bits per heavy atom. The molecule has 0 bridgehead atoms. The Kier molecular flexibility index (Phi) is 4.77. The highest BCUT2D eigenvalue weighted by molar-refractivity contribution is 6.32. The molecule has 6 nitrogen and oxygen atoms in total. The molecule has 7 heteroatoms. The van der Waals surface area contributed by atoms with E-state index < -0.39 is 0 Å². The van der Waals surface area contributed by atoms with Gasteiger partial charge in [-0.1, -0.05) is 23.7 Å². The van der Waals surface area contributed by atoms with Gasteiger partial charge in [-0.05, 0) is 54.1 Å².